The molecule has 1 unspecified atom stereocenters. The molecule has 0 bridgehead atoms. The summed E-state index contributed by atoms with van der Waals surface area (Å²) in [6.07, 6.45) is 2.20. The SMILES string of the molecule is COc1ccc(Cl)cc1N1CC(C(=O)NC2CCN(C(=O)CC(C)C)CC2)CC1=O. The molecule has 2 fully saturated rings. The Morgan fingerprint density at radius 2 is 1.97 bits per heavy atom. The maximum absolute atomic E-state index is 12.8. The monoisotopic (exact) mass is 435 g/mol. The van der Waals surface area contributed by atoms with Crippen molar-refractivity contribution in [1.82, 2.24) is 10.2 Å². The van der Waals surface area contributed by atoms with E-state index in [0.717, 1.165) is 12.8 Å². The lowest BCUT2D eigenvalue weighted by Crippen LogP contribution is -2.48. The van der Waals surface area contributed by atoms with Crippen molar-refractivity contribution in [2.75, 3.05) is 31.6 Å². The summed E-state index contributed by atoms with van der Waals surface area (Å²) in [7, 11) is 1.54. The number of nitrogens with zero attached hydrogens (tertiary/aromatic N) is 2. The average Bonchev–Trinajstić information content (AvgIpc) is 3.09. The van der Waals surface area contributed by atoms with Crippen molar-refractivity contribution < 1.29 is 19.1 Å². The summed E-state index contributed by atoms with van der Waals surface area (Å²) >= 11 is 6.09. The van der Waals surface area contributed by atoms with Gasteiger partial charge in [0.2, 0.25) is 17.7 Å². The Kier molecular flexibility index (Phi) is 7.23. The predicted octanol–water partition coefficient (Wildman–Crippen LogP) is 2.85. The quantitative estimate of drug-likeness (QED) is 0.745. The molecule has 2 saturated heterocycles. The van der Waals surface area contributed by atoms with E-state index in [1.807, 2.05) is 18.7 Å². The summed E-state index contributed by atoms with van der Waals surface area (Å²) in [6, 6.07) is 5.13. The number of piperidine rings is 1. The average molecular weight is 436 g/mol. The molecule has 30 heavy (non-hydrogen) atoms. The van der Waals surface area contributed by atoms with Gasteiger partial charge < -0.3 is 19.9 Å². The number of amides is 3. The van der Waals surface area contributed by atoms with Gasteiger partial charge in [0.25, 0.3) is 0 Å². The van der Waals surface area contributed by atoms with E-state index in [4.69, 9.17) is 16.3 Å². The lowest BCUT2D eigenvalue weighted by molar-refractivity contribution is -0.133. The van der Waals surface area contributed by atoms with Gasteiger partial charge in [-0.25, -0.2) is 0 Å². The van der Waals surface area contributed by atoms with E-state index in [2.05, 4.69) is 5.32 Å². The Labute approximate surface area is 182 Å². The fourth-order valence-electron chi connectivity index (χ4n) is 4.06. The second-order valence-electron chi connectivity index (χ2n) is 8.48. The number of carbonyl (C=O) groups excluding carboxylic acids is 3. The highest BCUT2D eigenvalue weighted by Gasteiger charge is 2.37. The zero-order valence-corrected chi connectivity index (χ0v) is 18.6. The van der Waals surface area contributed by atoms with Crippen LogP contribution in [0.2, 0.25) is 5.02 Å². The molecule has 8 heteroatoms. The zero-order valence-electron chi connectivity index (χ0n) is 17.8. The van der Waals surface area contributed by atoms with E-state index in [1.165, 1.54) is 7.11 Å². The molecule has 3 rings (SSSR count). The highest BCUT2D eigenvalue weighted by atomic mass is 35.5. The van der Waals surface area contributed by atoms with E-state index in [0.29, 0.717) is 48.4 Å². The summed E-state index contributed by atoms with van der Waals surface area (Å²) in [5.74, 6) is 0.427. The Morgan fingerprint density at radius 3 is 2.60 bits per heavy atom. The van der Waals surface area contributed by atoms with E-state index in [9.17, 15) is 14.4 Å². The van der Waals surface area contributed by atoms with Crippen LogP contribution in [0.4, 0.5) is 5.69 Å². The number of ether oxygens (including phenoxy) is 1. The molecular formula is C22H30ClN3O4. The molecule has 1 N–H and O–H groups in total. The van der Waals surface area contributed by atoms with Crippen LogP contribution < -0.4 is 15.0 Å². The molecule has 0 aliphatic carbocycles. The zero-order chi connectivity index (χ0) is 21.8. The van der Waals surface area contributed by atoms with E-state index >= 15 is 0 Å². The normalized spacial score (nSPS) is 20.0. The van der Waals surface area contributed by atoms with Gasteiger partial charge in [-0.2, -0.15) is 0 Å². The first-order valence-electron chi connectivity index (χ1n) is 10.5. The number of hydrogen-bond donors (Lipinski definition) is 1. The number of rotatable bonds is 6. The first-order chi connectivity index (χ1) is 14.3. The van der Waals surface area contributed by atoms with Gasteiger partial charge in [-0.1, -0.05) is 25.4 Å². The summed E-state index contributed by atoms with van der Waals surface area (Å²) in [5.41, 5.74) is 0.585. The minimum atomic E-state index is -0.415. The number of methoxy groups -OCH3 is 1. The van der Waals surface area contributed by atoms with Gasteiger partial charge in [0.1, 0.15) is 5.75 Å². The van der Waals surface area contributed by atoms with Crippen LogP contribution in [0.25, 0.3) is 0 Å². The smallest absolute Gasteiger partial charge is 0.227 e. The predicted molar refractivity (Wildman–Crippen MR) is 116 cm³/mol. The van der Waals surface area contributed by atoms with E-state index in [-0.39, 0.29) is 30.2 Å². The van der Waals surface area contributed by atoms with E-state index < -0.39 is 5.92 Å². The van der Waals surface area contributed by atoms with Crippen LogP contribution in [-0.2, 0) is 14.4 Å². The van der Waals surface area contributed by atoms with Crippen molar-refractivity contribution in [2.45, 2.75) is 45.6 Å². The summed E-state index contributed by atoms with van der Waals surface area (Å²) in [4.78, 5) is 41.0. The van der Waals surface area contributed by atoms with Crippen molar-refractivity contribution in [1.29, 1.82) is 0 Å². The van der Waals surface area contributed by atoms with Crippen LogP contribution in [0.5, 0.6) is 5.75 Å². The van der Waals surface area contributed by atoms with Gasteiger partial charge >= 0.3 is 0 Å². The lowest BCUT2D eigenvalue weighted by atomic mass is 10.0. The number of benzene rings is 1. The lowest BCUT2D eigenvalue weighted by Gasteiger charge is -2.33. The molecule has 0 aromatic heterocycles. The fourth-order valence-corrected chi connectivity index (χ4v) is 4.23. The summed E-state index contributed by atoms with van der Waals surface area (Å²) in [5, 5.41) is 3.59. The highest BCUT2D eigenvalue weighted by molar-refractivity contribution is 6.31. The maximum atomic E-state index is 12.8. The number of nitrogens with one attached hydrogen (secondary N) is 1. The molecule has 3 amide bonds. The third kappa shape index (κ3) is 5.25. The summed E-state index contributed by atoms with van der Waals surface area (Å²) in [6.45, 7) is 5.69. The fraction of sp³-hybridized carbons (Fsp3) is 0.591. The summed E-state index contributed by atoms with van der Waals surface area (Å²) < 4.78 is 5.35. The Hall–Kier alpha value is -2.28. The number of hydrogen-bond acceptors (Lipinski definition) is 4. The van der Waals surface area contributed by atoms with Crippen LogP contribution in [0.15, 0.2) is 18.2 Å². The van der Waals surface area contributed by atoms with Gasteiger partial charge in [-0.05, 0) is 37.0 Å². The van der Waals surface area contributed by atoms with Gasteiger partial charge in [-0.15, -0.1) is 0 Å². The van der Waals surface area contributed by atoms with Crippen LogP contribution in [0.1, 0.15) is 39.5 Å². The molecule has 1 aromatic carbocycles. The Bertz CT molecular complexity index is 806. The van der Waals surface area contributed by atoms with Crippen molar-refractivity contribution in [3.63, 3.8) is 0 Å². The standard InChI is InChI=1S/C22H30ClN3O4/c1-14(2)10-20(27)25-8-6-17(7-9-25)24-22(29)15-11-21(28)26(13-15)18-12-16(23)4-5-19(18)30-3/h4-5,12,14-15,17H,6-11,13H2,1-3H3,(H,24,29). The topological polar surface area (TPSA) is 79.0 Å². The molecule has 2 heterocycles. The van der Waals surface area contributed by atoms with Gasteiger partial charge in [0, 0.05) is 43.5 Å². The van der Waals surface area contributed by atoms with Crippen molar-refractivity contribution >= 4 is 35.0 Å². The first kappa shape index (κ1) is 22.4. The van der Waals surface area contributed by atoms with Crippen LogP contribution >= 0.6 is 11.6 Å². The number of likely N-dealkylation sites (tertiary alicyclic amines) is 1. The van der Waals surface area contributed by atoms with Gasteiger partial charge in [0.15, 0.2) is 0 Å². The molecule has 2 aliphatic rings. The number of halogens is 1. The largest absolute Gasteiger partial charge is 0.495 e. The van der Waals surface area contributed by atoms with E-state index in [1.54, 1.807) is 23.1 Å². The molecule has 2 aliphatic heterocycles. The van der Waals surface area contributed by atoms with Gasteiger partial charge in [-0.3, -0.25) is 14.4 Å². The Morgan fingerprint density at radius 1 is 1.27 bits per heavy atom. The Balaban J connectivity index is 1.55. The van der Waals surface area contributed by atoms with Gasteiger partial charge in [0.05, 0.1) is 18.7 Å². The van der Waals surface area contributed by atoms with Crippen LogP contribution in [0.3, 0.4) is 0 Å². The second kappa shape index (κ2) is 9.69. The van der Waals surface area contributed by atoms with Crippen LogP contribution in [-0.4, -0.2) is 55.4 Å². The molecule has 0 spiro atoms. The van der Waals surface area contributed by atoms with Crippen molar-refractivity contribution in [2.24, 2.45) is 11.8 Å². The third-order valence-electron chi connectivity index (χ3n) is 5.70. The highest BCUT2D eigenvalue weighted by Crippen LogP contribution is 2.35. The molecule has 0 radical (unpaired) electrons. The van der Waals surface area contributed by atoms with Crippen molar-refractivity contribution in [3.8, 4) is 5.75 Å². The molecule has 164 valence electrons. The number of carbonyl (C=O) groups is 3. The van der Waals surface area contributed by atoms with Crippen molar-refractivity contribution in [3.05, 3.63) is 23.2 Å². The minimum Gasteiger partial charge on any atom is -0.495 e. The maximum Gasteiger partial charge on any atom is 0.227 e. The molecule has 1 aromatic rings. The molecular weight excluding hydrogens is 406 g/mol. The molecule has 0 saturated carbocycles. The third-order valence-corrected chi connectivity index (χ3v) is 5.94. The second-order valence-corrected chi connectivity index (χ2v) is 8.92. The number of anilines is 1. The first-order valence-corrected chi connectivity index (χ1v) is 10.9. The molecule has 7 nitrogen and oxygen atoms in total. The molecule has 1 atom stereocenters. The minimum absolute atomic E-state index is 0.0328. The van der Waals surface area contributed by atoms with Crippen LogP contribution in [0, 0.1) is 11.8 Å².